The third kappa shape index (κ3) is 22.4. The van der Waals surface area contributed by atoms with E-state index < -0.39 is 121 Å². The lowest BCUT2D eigenvalue weighted by Gasteiger charge is -2.26. The van der Waals surface area contributed by atoms with Gasteiger partial charge in [-0.2, -0.15) is 0 Å². The van der Waals surface area contributed by atoms with Crippen molar-refractivity contribution in [1.29, 1.82) is 0 Å². The van der Waals surface area contributed by atoms with E-state index >= 15 is 0 Å². The van der Waals surface area contributed by atoms with E-state index in [9.17, 15) is 58.2 Å². The molecule has 8 atom stereocenters. The van der Waals surface area contributed by atoms with Crippen LogP contribution in [-0.4, -0.2) is 149 Å². The van der Waals surface area contributed by atoms with Crippen molar-refractivity contribution in [1.82, 2.24) is 58.4 Å². The Balaban J connectivity index is 1.28. The molecule has 0 saturated carbocycles. The van der Waals surface area contributed by atoms with Crippen molar-refractivity contribution in [3.63, 3.8) is 0 Å². The molecule has 0 aliphatic heterocycles. The molecule has 21 N–H and O–H groups in total. The van der Waals surface area contributed by atoms with Gasteiger partial charge in [-0.3, -0.25) is 53.6 Å². The minimum absolute atomic E-state index is 0.0000699. The van der Waals surface area contributed by atoms with E-state index in [-0.39, 0.29) is 69.1 Å². The number of aromatic amines is 1. The molecule has 0 aliphatic carbocycles. The van der Waals surface area contributed by atoms with E-state index in [1.54, 1.807) is 117 Å². The number of primary amides is 2. The number of amides is 11. The number of aromatic nitrogens is 1. The summed E-state index contributed by atoms with van der Waals surface area (Å²) in [5.74, 6) is -8.51. The average molecular weight is 1200 g/mol. The highest BCUT2D eigenvalue weighted by Gasteiger charge is 2.35. The summed E-state index contributed by atoms with van der Waals surface area (Å²) in [6.07, 6.45) is 0.890. The first kappa shape index (κ1) is 67.7. The first-order valence-corrected chi connectivity index (χ1v) is 28.0. The minimum Gasteiger partial charge on any atom is -0.508 e. The molecule has 0 bridgehead atoms. The van der Waals surface area contributed by atoms with Crippen molar-refractivity contribution in [2.45, 2.75) is 114 Å². The Bertz CT molecular complexity index is 3180. The largest absolute Gasteiger partial charge is 0.508 e. The van der Waals surface area contributed by atoms with Gasteiger partial charge in [-0.25, -0.2) is 10.2 Å². The Kier molecular flexibility index (Phi) is 26.5. The number of nitrogens with two attached hydrogens (primary N) is 4. The number of phenols is 1. The van der Waals surface area contributed by atoms with E-state index in [1.807, 2.05) is 0 Å². The normalized spacial score (nSPS) is 14.0. The molecule has 0 radical (unpaired) electrons. The highest BCUT2D eigenvalue weighted by Crippen LogP contribution is 2.20. The topological polar surface area (TPSA) is 464 Å². The lowest BCUT2D eigenvalue weighted by Crippen LogP contribution is -2.61. The summed E-state index contributed by atoms with van der Waals surface area (Å²) >= 11 is 0. The maximum atomic E-state index is 14.2. The number of para-hydroxylation sites is 1. The van der Waals surface area contributed by atoms with Gasteiger partial charge in [0.05, 0.1) is 19.1 Å². The smallest absolute Gasteiger partial charge is 0.334 e. The number of fused-ring (bicyclic) bond motifs is 1. The van der Waals surface area contributed by atoms with Crippen LogP contribution in [0.4, 0.5) is 4.79 Å². The van der Waals surface area contributed by atoms with Crippen molar-refractivity contribution >= 4 is 76.1 Å². The van der Waals surface area contributed by atoms with Gasteiger partial charge in [0.2, 0.25) is 47.3 Å². The summed E-state index contributed by atoms with van der Waals surface area (Å²) < 4.78 is 0. The van der Waals surface area contributed by atoms with Crippen LogP contribution in [0.1, 0.15) is 61.8 Å². The molecular weight excluding hydrogens is 1120 g/mol. The highest BCUT2D eigenvalue weighted by molar-refractivity contribution is 5.99. The summed E-state index contributed by atoms with van der Waals surface area (Å²) in [4.78, 5) is 143. The van der Waals surface area contributed by atoms with Crippen LogP contribution in [-0.2, 0) is 68.8 Å². The van der Waals surface area contributed by atoms with Crippen molar-refractivity contribution in [2.75, 3.05) is 20.2 Å². The zero-order valence-corrected chi connectivity index (χ0v) is 48.5. The molecule has 4 aromatic carbocycles. The van der Waals surface area contributed by atoms with E-state index in [4.69, 9.17) is 22.9 Å². The number of aliphatic hydroxyl groups excluding tert-OH is 1. The van der Waals surface area contributed by atoms with Crippen LogP contribution in [0.25, 0.3) is 10.9 Å². The minimum atomic E-state index is -1.84. The molecule has 5 aromatic rings. The number of carbonyl (C=O) groups is 10. The van der Waals surface area contributed by atoms with Crippen LogP contribution in [0, 0.1) is 5.92 Å². The number of benzene rings is 4. The lowest BCUT2D eigenvalue weighted by atomic mass is 10.0. The predicted molar refractivity (Wildman–Crippen MR) is 322 cm³/mol. The fourth-order valence-electron chi connectivity index (χ4n) is 9.06. The number of carbonyl (C=O) groups excluding carboxylic acids is 10. The average Bonchev–Trinajstić information content (AvgIpc) is 4.12. The number of hydrazine groups is 1. The summed E-state index contributed by atoms with van der Waals surface area (Å²) in [6, 6.07) is 17.7. The van der Waals surface area contributed by atoms with Gasteiger partial charge in [0.1, 0.15) is 48.0 Å². The van der Waals surface area contributed by atoms with Gasteiger partial charge < -0.3 is 80.7 Å². The van der Waals surface area contributed by atoms with Gasteiger partial charge in [-0.05, 0) is 72.1 Å². The molecule has 466 valence electrons. The maximum Gasteiger partial charge on any atom is 0.334 e. The van der Waals surface area contributed by atoms with Crippen LogP contribution in [0.5, 0.6) is 5.75 Å². The van der Waals surface area contributed by atoms with Crippen LogP contribution in [0.3, 0.4) is 0 Å². The molecule has 11 amide bonds. The van der Waals surface area contributed by atoms with Gasteiger partial charge in [-0.15, -0.1) is 0 Å². The van der Waals surface area contributed by atoms with E-state index in [0.29, 0.717) is 27.6 Å². The number of aromatic hydroxyl groups is 1. The molecule has 0 saturated heterocycles. The molecule has 28 nitrogen and oxygen atoms in total. The molecule has 0 unspecified atom stereocenters. The number of urea groups is 1. The molecule has 0 fully saturated rings. The Morgan fingerprint density at radius 3 is 1.66 bits per heavy atom. The summed E-state index contributed by atoms with van der Waals surface area (Å²) in [5.41, 5.74) is 30.8. The van der Waals surface area contributed by atoms with Crippen molar-refractivity contribution in [3.8, 4) is 5.75 Å². The number of phenolic OH excluding ortho intramolecular Hbond substituents is 1. The Morgan fingerprint density at radius 1 is 0.540 bits per heavy atom. The first-order chi connectivity index (χ1) is 41.5. The molecule has 0 spiro atoms. The fraction of sp³-hybridized carbons (Fsp3) is 0.373. The number of hydrogen-bond donors (Lipinski definition) is 17. The number of rotatable bonds is 32. The first-order valence-electron chi connectivity index (χ1n) is 28.0. The Hall–Kier alpha value is -10.1. The number of aliphatic imine (C=N–C) groups is 1. The second-order valence-electron chi connectivity index (χ2n) is 21.0. The number of H-pyrrole nitrogens is 1. The quantitative estimate of drug-likeness (QED) is 0.00940. The second kappa shape index (κ2) is 34.0. The second-order valence-corrected chi connectivity index (χ2v) is 21.0. The molecule has 28 heteroatoms. The maximum absolute atomic E-state index is 14.2. The molecule has 5 rings (SSSR count). The molecule has 87 heavy (non-hydrogen) atoms. The third-order valence-electron chi connectivity index (χ3n) is 13.7. The lowest BCUT2D eigenvalue weighted by molar-refractivity contribution is -0.136. The van der Waals surface area contributed by atoms with E-state index in [0.717, 1.165) is 5.52 Å². The van der Waals surface area contributed by atoms with Crippen LogP contribution < -0.4 is 76.3 Å². The Labute approximate surface area is 501 Å². The van der Waals surface area contributed by atoms with E-state index in [2.05, 4.69) is 63.4 Å². The van der Waals surface area contributed by atoms with E-state index in [1.165, 1.54) is 19.2 Å². The molecule has 1 heterocycles. The van der Waals surface area contributed by atoms with Gasteiger partial charge in [-0.1, -0.05) is 105 Å². The summed E-state index contributed by atoms with van der Waals surface area (Å²) in [5, 5.41) is 41.4. The number of aliphatic hydroxyl groups is 1. The third-order valence-corrected chi connectivity index (χ3v) is 13.7. The monoisotopic (exact) mass is 1200 g/mol. The zero-order valence-electron chi connectivity index (χ0n) is 48.5. The molecule has 0 aliphatic rings. The zero-order chi connectivity index (χ0) is 63.6. The SMILES string of the molecule is CN=C(N)NCCC[C@H](NC(=O)[C@H](CC(C)C)NC(=O)NNC(=O)[C@H](Cc1ccccc1)NC(=O)[C@H](CO)NC(=O)[C@H](CC(N)=O)NC(=O)[C@@H](Cc1c[nH]c2ccccc12)NC(=O)[C@H](N)Cc1ccc(O)cc1)C(=O)N[C@@H](Cc1ccccc1)C(N)=O. The number of nitrogens with one attached hydrogen (secondary N) is 11. The number of guanidine groups is 1. The van der Waals surface area contributed by atoms with Gasteiger partial charge in [0.25, 0.3) is 5.91 Å². The van der Waals surface area contributed by atoms with Gasteiger partial charge in [0.15, 0.2) is 5.96 Å². The molecular formula is C59H78N16O12. The summed E-state index contributed by atoms with van der Waals surface area (Å²) in [6.45, 7) is 2.72. The highest BCUT2D eigenvalue weighted by atomic mass is 16.3. The van der Waals surface area contributed by atoms with Crippen LogP contribution >= 0.6 is 0 Å². The molecule has 1 aromatic heterocycles. The number of nitrogens with zero attached hydrogens (tertiary/aromatic N) is 1. The van der Waals surface area contributed by atoms with Crippen LogP contribution in [0.15, 0.2) is 120 Å². The van der Waals surface area contributed by atoms with Gasteiger partial charge >= 0.3 is 6.03 Å². The van der Waals surface area contributed by atoms with Gasteiger partial charge in [0, 0.05) is 50.0 Å². The van der Waals surface area contributed by atoms with Crippen molar-refractivity contribution in [2.24, 2.45) is 33.8 Å². The number of hydrogen-bond acceptors (Lipinski definition) is 14. The van der Waals surface area contributed by atoms with Crippen molar-refractivity contribution in [3.05, 3.63) is 138 Å². The standard InChI is InChI=1S/C59H78N16O12/c1-33(2)25-44(53(82)67-42(19-12-24-65-58(63)64-3)52(81)68-43(50(62)79)27-34-13-6-4-7-14-34)73-59(87)75-74-57(86)45(28-35-15-8-5-9-16-35)70-56(85)48(32-76)72-55(84)47(30-49(61)78)71-54(83)46(29-37-31-66-41-18-11-10-17-39(37)41)69-51(80)40(60)26-36-20-22-38(77)23-21-36/h4-11,13-18,20-23,31,33,40,42-48,66,76-77H,12,19,24-30,32,60H2,1-3H3,(H2,61,78)(H2,62,79)(H,67,82)(H,68,81)(H,69,80)(H,70,85)(H,71,83)(H,72,84)(H,74,86)(H3,63,64,65)(H2,73,75,87)/t40-,42+,43+,44+,45+,46-,47+,48+/m1/s1. The summed E-state index contributed by atoms with van der Waals surface area (Å²) in [7, 11) is 1.48. The van der Waals surface area contributed by atoms with Crippen molar-refractivity contribution < 1.29 is 58.2 Å². The predicted octanol–water partition coefficient (Wildman–Crippen LogP) is -2.21. The fourth-order valence-corrected chi connectivity index (χ4v) is 9.06. The van der Waals surface area contributed by atoms with Crippen LogP contribution in [0.2, 0.25) is 0 Å². The Morgan fingerprint density at radius 2 is 1.05 bits per heavy atom.